The van der Waals surface area contributed by atoms with E-state index in [-0.39, 0.29) is 12.0 Å². The van der Waals surface area contributed by atoms with Crippen molar-refractivity contribution in [1.29, 1.82) is 0 Å². The molecule has 0 saturated carbocycles. The van der Waals surface area contributed by atoms with Crippen molar-refractivity contribution in [1.82, 2.24) is 0 Å². The minimum Gasteiger partial charge on any atom is -0.393 e. The number of hydrogen-bond acceptors (Lipinski definition) is 3. The highest BCUT2D eigenvalue weighted by Crippen LogP contribution is 2.14. The van der Waals surface area contributed by atoms with Gasteiger partial charge < -0.3 is 15.3 Å². The number of aliphatic hydroxyl groups is 3. The van der Waals surface area contributed by atoms with Crippen molar-refractivity contribution in [2.45, 2.75) is 58.3 Å². The molecule has 2 unspecified atom stereocenters. The summed E-state index contributed by atoms with van der Waals surface area (Å²) in [7, 11) is 0. The van der Waals surface area contributed by atoms with Gasteiger partial charge in [-0.15, -0.1) is 0 Å². The number of rotatable bonds is 7. The van der Waals surface area contributed by atoms with Crippen LogP contribution in [-0.2, 0) is 0 Å². The largest absolute Gasteiger partial charge is 0.393 e. The molecule has 3 nitrogen and oxygen atoms in total. The lowest BCUT2D eigenvalue weighted by Gasteiger charge is -2.17. The maximum absolute atomic E-state index is 9.47. The van der Waals surface area contributed by atoms with Crippen LogP contribution in [0, 0.1) is 5.92 Å². The Balaban J connectivity index is 3.43. The van der Waals surface area contributed by atoms with Crippen LogP contribution in [0.25, 0.3) is 0 Å². The van der Waals surface area contributed by atoms with Gasteiger partial charge in [0, 0.05) is 5.92 Å². The standard InChI is InChI=1S/C10H22O3/c1-3-4-5-6-9(11)7-8(2)10(12)13/h8-13H,3-7H2,1-2H3. The fraction of sp³-hybridized carbons (Fsp3) is 1.00. The van der Waals surface area contributed by atoms with Gasteiger partial charge in [-0.05, 0) is 12.8 Å². The van der Waals surface area contributed by atoms with Crippen LogP contribution >= 0.6 is 0 Å². The average molecular weight is 190 g/mol. The summed E-state index contributed by atoms with van der Waals surface area (Å²) in [6.07, 6.45) is 2.85. The first-order chi connectivity index (χ1) is 6.07. The van der Waals surface area contributed by atoms with Crippen molar-refractivity contribution >= 4 is 0 Å². The lowest BCUT2D eigenvalue weighted by molar-refractivity contribution is -0.0891. The van der Waals surface area contributed by atoms with Gasteiger partial charge in [-0.2, -0.15) is 0 Å². The van der Waals surface area contributed by atoms with Gasteiger partial charge in [-0.1, -0.05) is 33.1 Å². The molecule has 0 aliphatic heterocycles. The van der Waals surface area contributed by atoms with Crippen LogP contribution in [0.15, 0.2) is 0 Å². The zero-order chi connectivity index (χ0) is 10.3. The highest BCUT2D eigenvalue weighted by molar-refractivity contribution is 4.62. The van der Waals surface area contributed by atoms with Crippen molar-refractivity contribution < 1.29 is 15.3 Å². The van der Waals surface area contributed by atoms with Gasteiger partial charge in [0.2, 0.25) is 0 Å². The van der Waals surface area contributed by atoms with Crippen LogP contribution in [0.2, 0.25) is 0 Å². The number of unbranched alkanes of at least 4 members (excludes halogenated alkanes) is 2. The first-order valence-corrected chi connectivity index (χ1v) is 5.12. The van der Waals surface area contributed by atoms with Crippen LogP contribution in [-0.4, -0.2) is 27.7 Å². The van der Waals surface area contributed by atoms with Crippen LogP contribution in [0.3, 0.4) is 0 Å². The van der Waals surface area contributed by atoms with E-state index < -0.39 is 6.29 Å². The van der Waals surface area contributed by atoms with E-state index in [1.54, 1.807) is 6.92 Å². The highest BCUT2D eigenvalue weighted by Gasteiger charge is 2.15. The lowest BCUT2D eigenvalue weighted by atomic mass is 9.99. The van der Waals surface area contributed by atoms with E-state index in [1.807, 2.05) is 0 Å². The molecule has 0 saturated heterocycles. The SMILES string of the molecule is CCCCCC(O)CC(C)C(O)O. The molecule has 0 aromatic rings. The average Bonchev–Trinajstić information content (AvgIpc) is 2.04. The first kappa shape index (κ1) is 12.9. The Morgan fingerprint density at radius 1 is 1.08 bits per heavy atom. The summed E-state index contributed by atoms with van der Waals surface area (Å²) in [6.45, 7) is 3.85. The molecule has 13 heavy (non-hydrogen) atoms. The number of hydrogen-bond donors (Lipinski definition) is 3. The molecule has 0 amide bonds. The van der Waals surface area contributed by atoms with Gasteiger partial charge in [0.25, 0.3) is 0 Å². The summed E-state index contributed by atoms with van der Waals surface area (Å²) < 4.78 is 0. The minimum atomic E-state index is -1.30. The second-order valence-electron chi connectivity index (χ2n) is 3.78. The first-order valence-electron chi connectivity index (χ1n) is 5.12. The summed E-state index contributed by atoms with van der Waals surface area (Å²) >= 11 is 0. The van der Waals surface area contributed by atoms with Crippen molar-refractivity contribution in [2.24, 2.45) is 5.92 Å². The van der Waals surface area contributed by atoms with E-state index in [0.29, 0.717) is 6.42 Å². The topological polar surface area (TPSA) is 60.7 Å². The second-order valence-corrected chi connectivity index (χ2v) is 3.78. The van der Waals surface area contributed by atoms with Gasteiger partial charge in [-0.25, -0.2) is 0 Å². The molecule has 3 heteroatoms. The molecule has 80 valence electrons. The molecular weight excluding hydrogens is 168 g/mol. The quantitative estimate of drug-likeness (QED) is 0.418. The summed E-state index contributed by atoms with van der Waals surface area (Å²) in [6, 6.07) is 0. The Kier molecular flexibility index (Phi) is 7.23. The third-order valence-corrected chi connectivity index (χ3v) is 2.29. The third-order valence-electron chi connectivity index (χ3n) is 2.29. The third kappa shape index (κ3) is 6.99. The van der Waals surface area contributed by atoms with Crippen molar-refractivity contribution in [3.8, 4) is 0 Å². The van der Waals surface area contributed by atoms with E-state index in [9.17, 15) is 5.11 Å². The molecule has 0 aliphatic rings. The summed E-state index contributed by atoms with van der Waals surface area (Å²) in [5, 5.41) is 27.0. The lowest BCUT2D eigenvalue weighted by Crippen LogP contribution is -2.22. The molecule has 0 aliphatic carbocycles. The van der Waals surface area contributed by atoms with E-state index in [1.165, 1.54) is 0 Å². The highest BCUT2D eigenvalue weighted by atomic mass is 16.5. The van der Waals surface area contributed by atoms with E-state index in [4.69, 9.17) is 10.2 Å². The predicted octanol–water partition coefficient (Wildman–Crippen LogP) is 1.26. The molecule has 0 rings (SSSR count). The van der Waals surface area contributed by atoms with Gasteiger partial charge in [0.1, 0.15) is 0 Å². The van der Waals surface area contributed by atoms with Crippen molar-refractivity contribution in [2.75, 3.05) is 0 Å². The monoisotopic (exact) mass is 190 g/mol. The second kappa shape index (κ2) is 7.30. The van der Waals surface area contributed by atoms with Gasteiger partial charge >= 0.3 is 0 Å². The molecule has 3 N–H and O–H groups in total. The van der Waals surface area contributed by atoms with Gasteiger partial charge in [0.15, 0.2) is 6.29 Å². The Bertz CT molecular complexity index is 115. The molecule has 0 bridgehead atoms. The van der Waals surface area contributed by atoms with Crippen LogP contribution < -0.4 is 0 Å². The van der Waals surface area contributed by atoms with Crippen molar-refractivity contribution in [3.05, 3.63) is 0 Å². The Morgan fingerprint density at radius 2 is 1.69 bits per heavy atom. The van der Waals surface area contributed by atoms with Gasteiger partial charge in [-0.3, -0.25) is 0 Å². The van der Waals surface area contributed by atoms with Crippen LogP contribution in [0.1, 0.15) is 46.0 Å². The maximum Gasteiger partial charge on any atom is 0.154 e. The molecule has 0 spiro atoms. The predicted molar refractivity (Wildman–Crippen MR) is 52.2 cm³/mol. The Labute approximate surface area is 80.4 Å². The molecule has 0 aromatic carbocycles. The minimum absolute atomic E-state index is 0.239. The summed E-state index contributed by atoms with van der Waals surface area (Å²) in [4.78, 5) is 0. The van der Waals surface area contributed by atoms with Crippen LogP contribution in [0.5, 0.6) is 0 Å². The van der Waals surface area contributed by atoms with Crippen molar-refractivity contribution in [3.63, 3.8) is 0 Å². The number of aliphatic hydroxyl groups excluding tert-OH is 2. The fourth-order valence-electron chi connectivity index (χ4n) is 1.30. The van der Waals surface area contributed by atoms with Crippen LogP contribution in [0.4, 0.5) is 0 Å². The molecule has 2 atom stereocenters. The zero-order valence-corrected chi connectivity index (χ0v) is 8.61. The Hall–Kier alpha value is -0.120. The van der Waals surface area contributed by atoms with E-state index in [0.717, 1.165) is 25.7 Å². The normalized spacial score (nSPS) is 16.2. The fourth-order valence-corrected chi connectivity index (χ4v) is 1.30. The summed E-state index contributed by atoms with van der Waals surface area (Å²) in [5.41, 5.74) is 0. The molecule has 0 aromatic heterocycles. The smallest absolute Gasteiger partial charge is 0.154 e. The molecule has 0 radical (unpaired) electrons. The molecule has 0 heterocycles. The maximum atomic E-state index is 9.47. The molecule has 0 fully saturated rings. The zero-order valence-electron chi connectivity index (χ0n) is 8.61. The Morgan fingerprint density at radius 3 is 2.15 bits per heavy atom. The van der Waals surface area contributed by atoms with Gasteiger partial charge in [0.05, 0.1) is 6.10 Å². The van der Waals surface area contributed by atoms with E-state index in [2.05, 4.69) is 6.92 Å². The summed E-state index contributed by atoms with van der Waals surface area (Å²) in [5.74, 6) is -0.239. The van der Waals surface area contributed by atoms with E-state index >= 15 is 0 Å². The molecular formula is C10H22O3.